The number of hydrogen-bond acceptors (Lipinski definition) is 4. The molecule has 0 aromatic carbocycles. The Labute approximate surface area is 118 Å². The molecule has 0 spiro atoms. The molecule has 0 aromatic rings. The molecule has 1 N–H and O–H groups in total. The van der Waals surface area contributed by atoms with Gasteiger partial charge in [0.05, 0.1) is 6.61 Å². The van der Waals surface area contributed by atoms with Gasteiger partial charge in [0.25, 0.3) is 0 Å². The van der Waals surface area contributed by atoms with Gasteiger partial charge in [-0.1, -0.05) is 0 Å². The van der Waals surface area contributed by atoms with E-state index < -0.39 is 11.0 Å². The average molecular weight is 221 g/mol. The first-order chi connectivity index (χ1) is 4.00. The number of rotatable bonds is 1. The van der Waals surface area contributed by atoms with Crippen LogP contribution in [0.15, 0.2) is 0 Å². The van der Waals surface area contributed by atoms with E-state index in [0.717, 1.165) is 0 Å². The summed E-state index contributed by atoms with van der Waals surface area (Å²) in [5.41, 5.74) is 0. The van der Waals surface area contributed by atoms with Crippen molar-refractivity contribution in [2.24, 2.45) is 0 Å². The predicted molar refractivity (Wildman–Crippen MR) is 28.0 cm³/mol. The van der Waals surface area contributed by atoms with Crippen molar-refractivity contribution < 1.29 is 79.2 Å². The standard InChI is InChI=1S/C2H4Cl2O.CH2O3.2Na/c3-2(4)1-5;2-1(3)4;;/h2,5H,1H2;(H2,2,3,4);;/q;;2*+1/p-2. The van der Waals surface area contributed by atoms with Crippen molar-refractivity contribution >= 4 is 29.4 Å². The first-order valence-corrected chi connectivity index (χ1v) is 2.65. The third-order valence-electron chi connectivity index (χ3n) is 0.138. The third-order valence-corrected chi connectivity index (χ3v) is 0.414. The second-order valence-electron chi connectivity index (χ2n) is 0.824. The average Bonchev–Trinajstić information content (AvgIpc) is 1.65. The van der Waals surface area contributed by atoms with E-state index in [4.69, 9.17) is 43.3 Å². The molecule has 0 saturated heterocycles. The SMILES string of the molecule is O=C([O-])[O-].OCC(Cl)Cl.[Na+].[Na+]. The molecule has 8 heteroatoms. The van der Waals surface area contributed by atoms with Gasteiger partial charge in [0.1, 0.15) is 4.84 Å². The van der Waals surface area contributed by atoms with Crippen LogP contribution in [0.3, 0.4) is 0 Å². The number of aliphatic hydroxyl groups excluding tert-OH is 1. The van der Waals surface area contributed by atoms with Crippen LogP contribution in [0.1, 0.15) is 0 Å². The van der Waals surface area contributed by atoms with E-state index in [2.05, 4.69) is 0 Å². The van der Waals surface area contributed by atoms with E-state index in [-0.39, 0.29) is 65.7 Å². The van der Waals surface area contributed by atoms with Gasteiger partial charge >= 0.3 is 59.1 Å². The van der Waals surface area contributed by atoms with Crippen LogP contribution in [0.2, 0.25) is 0 Å². The molecule has 0 aliphatic heterocycles. The van der Waals surface area contributed by atoms with Crippen LogP contribution in [0.5, 0.6) is 0 Å². The number of carbonyl (C=O) groups is 1. The van der Waals surface area contributed by atoms with Gasteiger partial charge in [-0.15, -0.1) is 23.2 Å². The Balaban J connectivity index is -0.0000000383. The summed E-state index contributed by atoms with van der Waals surface area (Å²) < 4.78 is 0. The molecule has 0 aliphatic carbocycles. The molecule has 0 saturated carbocycles. The number of hydrogen-bond donors (Lipinski definition) is 1. The number of halogens is 2. The molecule has 56 valence electrons. The second kappa shape index (κ2) is 17.8. The van der Waals surface area contributed by atoms with Crippen molar-refractivity contribution in [1.82, 2.24) is 0 Å². The Morgan fingerprint density at radius 1 is 1.36 bits per heavy atom. The largest absolute Gasteiger partial charge is 1.00 e. The molecule has 0 bridgehead atoms. The van der Waals surface area contributed by atoms with Gasteiger partial charge in [0.2, 0.25) is 0 Å². The topological polar surface area (TPSA) is 83.4 Å². The number of alkyl halides is 2. The summed E-state index contributed by atoms with van der Waals surface area (Å²) in [7, 11) is 0. The van der Waals surface area contributed by atoms with E-state index in [1.165, 1.54) is 0 Å². The molecule has 0 fully saturated rings. The van der Waals surface area contributed by atoms with Crippen LogP contribution in [-0.2, 0) is 0 Å². The van der Waals surface area contributed by atoms with Crippen molar-refractivity contribution in [3.8, 4) is 0 Å². The second-order valence-corrected chi connectivity index (χ2v) is 2.10. The van der Waals surface area contributed by atoms with Gasteiger partial charge in [-0.2, -0.15) is 0 Å². The Bertz CT molecular complexity index is 77.7. The van der Waals surface area contributed by atoms with E-state index in [1.807, 2.05) is 0 Å². The van der Waals surface area contributed by atoms with Crippen LogP contribution >= 0.6 is 23.2 Å². The maximum atomic E-state index is 8.33. The van der Waals surface area contributed by atoms with Crippen molar-refractivity contribution in [2.45, 2.75) is 4.84 Å². The maximum Gasteiger partial charge on any atom is 1.00 e. The maximum absolute atomic E-state index is 8.33. The van der Waals surface area contributed by atoms with E-state index in [9.17, 15) is 0 Å². The fourth-order valence-corrected chi connectivity index (χ4v) is 0. The molecular weight excluding hydrogens is 217 g/mol. The number of carbonyl (C=O) groups excluding carboxylic acids is 1. The van der Waals surface area contributed by atoms with E-state index >= 15 is 0 Å². The molecule has 4 nitrogen and oxygen atoms in total. The summed E-state index contributed by atoms with van der Waals surface area (Å²) in [5, 5.41) is 24.5. The Hall–Kier alpha value is 1.81. The van der Waals surface area contributed by atoms with Crippen molar-refractivity contribution in [2.75, 3.05) is 6.61 Å². The first kappa shape index (κ1) is 23.0. The molecule has 0 heterocycles. The van der Waals surface area contributed by atoms with Gasteiger partial charge in [-0.25, -0.2) is 0 Å². The fourth-order valence-electron chi connectivity index (χ4n) is 0. The van der Waals surface area contributed by atoms with Crippen LogP contribution < -0.4 is 69.3 Å². The molecule has 0 aromatic heterocycles. The van der Waals surface area contributed by atoms with E-state index in [1.54, 1.807) is 0 Å². The minimum absolute atomic E-state index is 0. The Kier molecular flexibility index (Phi) is 37.2. The zero-order valence-electron chi connectivity index (χ0n) is 6.21. The molecule has 0 atom stereocenters. The summed E-state index contributed by atoms with van der Waals surface area (Å²) >= 11 is 9.96. The zero-order valence-corrected chi connectivity index (χ0v) is 11.7. The summed E-state index contributed by atoms with van der Waals surface area (Å²) in [4.78, 5) is 7.72. The zero-order chi connectivity index (χ0) is 7.86. The first-order valence-electron chi connectivity index (χ1n) is 1.77. The van der Waals surface area contributed by atoms with Crippen molar-refractivity contribution in [3.63, 3.8) is 0 Å². The van der Waals surface area contributed by atoms with Gasteiger partial charge < -0.3 is 20.1 Å². The summed E-state index contributed by atoms with van der Waals surface area (Å²) in [6, 6.07) is 0. The smallest absolute Gasteiger partial charge is 0.652 e. The number of aliphatic hydroxyl groups is 1. The van der Waals surface area contributed by atoms with Gasteiger partial charge in [0, 0.05) is 0 Å². The Morgan fingerprint density at radius 2 is 1.45 bits per heavy atom. The van der Waals surface area contributed by atoms with Gasteiger partial charge in [-0.3, -0.25) is 0 Å². The monoisotopic (exact) mass is 220 g/mol. The normalized spacial score (nSPS) is 6.55. The minimum Gasteiger partial charge on any atom is -0.652 e. The summed E-state index contributed by atoms with van der Waals surface area (Å²) in [6.07, 6.45) is -2.33. The molecule has 0 unspecified atom stereocenters. The molecule has 11 heavy (non-hydrogen) atoms. The molecule has 0 radical (unpaired) electrons. The van der Waals surface area contributed by atoms with Crippen molar-refractivity contribution in [3.05, 3.63) is 0 Å². The minimum atomic E-state index is -2.33. The molecule has 0 rings (SSSR count). The predicted octanol–water partition coefficient (Wildman–Crippen LogP) is -7.66. The molecular formula is C3H4Cl2Na2O4. The van der Waals surface area contributed by atoms with Crippen molar-refractivity contribution in [1.29, 1.82) is 0 Å². The van der Waals surface area contributed by atoms with Gasteiger partial charge in [-0.05, 0) is 6.16 Å². The number of carboxylic acid groups (broad SMARTS) is 2. The molecule has 0 aliphatic rings. The summed E-state index contributed by atoms with van der Waals surface area (Å²) in [5.74, 6) is 0. The van der Waals surface area contributed by atoms with Crippen LogP contribution in [0, 0.1) is 0 Å². The fraction of sp³-hybridized carbons (Fsp3) is 0.667. The van der Waals surface area contributed by atoms with E-state index in [0.29, 0.717) is 0 Å². The van der Waals surface area contributed by atoms with Crippen LogP contribution in [0.4, 0.5) is 4.79 Å². The Morgan fingerprint density at radius 3 is 1.45 bits per heavy atom. The third kappa shape index (κ3) is 78.3. The van der Waals surface area contributed by atoms with Crippen LogP contribution in [0.25, 0.3) is 0 Å². The molecule has 0 amide bonds. The van der Waals surface area contributed by atoms with Gasteiger partial charge in [0.15, 0.2) is 0 Å². The van der Waals surface area contributed by atoms with Crippen LogP contribution in [-0.4, -0.2) is 22.7 Å². The quantitative estimate of drug-likeness (QED) is 0.352. The summed E-state index contributed by atoms with van der Waals surface area (Å²) in [6.45, 7) is -0.164.